The van der Waals surface area contributed by atoms with Crippen molar-refractivity contribution in [1.82, 2.24) is 15.0 Å². The predicted octanol–water partition coefficient (Wildman–Crippen LogP) is 2.92. The Morgan fingerprint density at radius 3 is 2.35 bits per heavy atom. The molecule has 2 aliphatic carbocycles. The van der Waals surface area contributed by atoms with Gasteiger partial charge in [0.2, 0.25) is 5.95 Å². The van der Waals surface area contributed by atoms with Crippen molar-refractivity contribution in [3.63, 3.8) is 0 Å². The lowest BCUT2D eigenvalue weighted by molar-refractivity contribution is -0.0517. The second kappa shape index (κ2) is 5.64. The van der Waals surface area contributed by atoms with Gasteiger partial charge in [-0.3, -0.25) is 0 Å². The van der Waals surface area contributed by atoms with Gasteiger partial charge in [-0.2, -0.15) is 9.97 Å². The van der Waals surface area contributed by atoms with Crippen LogP contribution in [0.4, 0.5) is 5.95 Å². The number of nitrogens with two attached hydrogens (primary N) is 1. The average molecular weight is 276 g/mol. The van der Waals surface area contributed by atoms with E-state index in [0.717, 1.165) is 37.3 Å². The van der Waals surface area contributed by atoms with Gasteiger partial charge in [0.25, 0.3) is 0 Å². The highest BCUT2D eigenvalue weighted by Crippen LogP contribution is 2.39. The van der Waals surface area contributed by atoms with Gasteiger partial charge in [-0.1, -0.05) is 32.1 Å². The van der Waals surface area contributed by atoms with Gasteiger partial charge in [-0.15, -0.1) is 0 Å². The van der Waals surface area contributed by atoms with Crippen LogP contribution in [0.1, 0.15) is 75.4 Å². The smallest absolute Gasteiger partial charge is 0.223 e. The van der Waals surface area contributed by atoms with Gasteiger partial charge >= 0.3 is 0 Å². The van der Waals surface area contributed by atoms with Crippen LogP contribution in [0.2, 0.25) is 0 Å². The molecule has 110 valence electrons. The van der Waals surface area contributed by atoms with Crippen LogP contribution < -0.4 is 5.73 Å². The lowest BCUT2D eigenvalue weighted by Crippen LogP contribution is -2.34. The molecule has 0 bridgehead atoms. The number of nitrogen functional groups attached to an aromatic ring is 1. The molecule has 0 atom stereocenters. The molecular formula is C15H24N4O. The van der Waals surface area contributed by atoms with E-state index in [2.05, 4.69) is 9.97 Å². The molecule has 20 heavy (non-hydrogen) atoms. The van der Waals surface area contributed by atoms with Gasteiger partial charge in [0.1, 0.15) is 11.4 Å². The summed E-state index contributed by atoms with van der Waals surface area (Å²) < 4.78 is 5.83. The summed E-state index contributed by atoms with van der Waals surface area (Å²) >= 11 is 0. The van der Waals surface area contributed by atoms with Crippen molar-refractivity contribution in [2.24, 2.45) is 0 Å². The first kappa shape index (κ1) is 13.7. The van der Waals surface area contributed by atoms with Crippen molar-refractivity contribution in [3.05, 3.63) is 11.6 Å². The zero-order chi connectivity index (χ0) is 14.0. The Balaban J connectivity index is 1.95. The Hall–Kier alpha value is -1.23. The van der Waals surface area contributed by atoms with E-state index < -0.39 is 0 Å². The minimum absolute atomic E-state index is 0.345. The number of nitrogens with zero attached hydrogens (tertiary/aromatic N) is 3. The minimum Gasteiger partial charge on any atom is -0.370 e. The molecular weight excluding hydrogens is 252 g/mol. The van der Waals surface area contributed by atoms with Crippen molar-refractivity contribution < 1.29 is 4.74 Å². The van der Waals surface area contributed by atoms with Crippen LogP contribution in [0.3, 0.4) is 0 Å². The largest absolute Gasteiger partial charge is 0.370 e. The summed E-state index contributed by atoms with van der Waals surface area (Å²) in [5, 5.41) is 0. The van der Waals surface area contributed by atoms with Gasteiger partial charge in [-0.25, -0.2) is 4.98 Å². The van der Waals surface area contributed by atoms with Crippen LogP contribution in [0, 0.1) is 0 Å². The van der Waals surface area contributed by atoms with Crippen LogP contribution in [-0.2, 0) is 10.3 Å². The van der Waals surface area contributed by atoms with Gasteiger partial charge < -0.3 is 10.5 Å². The second-order valence-electron chi connectivity index (χ2n) is 6.12. The highest BCUT2D eigenvalue weighted by atomic mass is 16.5. The van der Waals surface area contributed by atoms with Crippen LogP contribution >= 0.6 is 0 Å². The number of aromatic nitrogens is 3. The number of hydrogen-bond acceptors (Lipinski definition) is 5. The number of methoxy groups -OCH3 is 1. The van der Waals surface area contributed by atoms with E-state index in [1.54, 1.807) is 7.11 Å². The predicted molar refractivity (Wildman–Crippen MR) is 77.2 cm³/mol. The molecule has 2 aliphatic rings. The molecule has 5 heteroatoms. The highest BCUT2D eigenvalue weighted by Gasteiger charge is 2.38. The highest BCUT2D eigenvalue weighted by molar-refractivity contribution is 5.21. The molecule has 0 saturated heterocycles. The average Bonchev–Trinajstić information content (AvgIpc) is 3.01. The van der Waals surface area contributed by atoms with Gasteiger partial charge in [0, 0.05) is 13.0 Å². The first-order chi connectivity index (χ1) is 9.73. The van der Waals surface area contributed by atoms with Crippen molar-refractivity contribution in [3.8, 4) is 0 Å². The fraction of sp³-hybridized carbons (Fsp3) is 0.800. The maximum atomic E-state index is 5.93. The lowest BCUT2D eigenvalue weighted by atomic mass is 9.84. The molecule has 0 spiro atoms. The summed E-state index contributed by atoms with van der Waals surface area (Å²) in [5.74, 6) is 2.44. The number of ether oxygens (including phenoxy) is 1. The Morgan fingerprint density at radius 1 is 1.00 bits per heavy atom. The van der Waals surface area contributed by atoms with E-state index in [1.165, 1.54) is 32.1 Å². The standard InChI is InChI=1S/C15H24N4O/c1-20-15(9-5-2-6-10-15)13-17-12(18-14(16)19-13)11-7-3-4-8-11/h11H,2-10H2,1H3,(H2,16,17,18,19). The first-order valence-corrected chi connectivity index (χ1v) is 7.80. The van der Waals surface area contributed by atoms with Crippen LogP contribution in [0.25, 0.3) is 0 Å². The molecule has 0 aliphatic heterocycles. The molecule has 5 nitrogen and oxygen atoms in total. The summed E-state index contributed by atoms with van der Waals surface area (Å²) in [6.45, 7) is 0. The third-order valence-electron chi connectivity index (χ3n) is 4.85. The van der Waals surface area contributed by atoms with Gasteiger partial charge in [0.05, 0.1) is 0 Å². The second-order valence-corrected chi connectivity index (χ2v) is 6.12. The zero-order valence-electron chi connectivity index (χ0n) is 12.3. The molecule has 2 N–H and O–H groups in total. The van der Waals surface area contributed by atoms with Crippen LogP contribution in [-0.4, -0.2) is 22.1 Å². The summed E-state index contributed by atoms with van der Waals surface area (Å²) in [5.41, 5.74) is 5.58. The summed E-state index contributed by atoms with van der Waals surface area (Å²) in [4.78, 5) is 13.5. The summed E-state index contributed by atoms with van der Waals surface area (Å²) in [7, 11) is 1.76. The summed E-state index contributed by atoms with van der Waals surface area (Å²) in [6.07, 6.45) is 10.4. The molecule has 2 saturated carbocycles. The Kier molecular flexibility index (Phi) is 3.87. The van der Waals surface area contributed by atoms with E-state index in [0.29, 0.717) is 11.9 Å². The number of rotatable bonds is 3. The fourth-order valence-electron chi connectivity index (χ4n) is 3.62. The van der Waals surface area contributed by atoms with E-state index in [4.69, 9.17) is 15.5 Å². The molecule has 0 aromatic carbocycles. The number of hydrogen-bond donors (Lipinski definition) is 1. The fourth-order valence-corrected chi connectivity index (χ4v) is 3.62. The Morgan fingerprint density at radius 2 is 1.70 bits per heavy atom. The molecule has 0 radical (unpaired) electrons. The van der Waals surface area contributed by atoms with E-state index >= 15 is 0 Å². The molecule has 2 fully saturated rings. The SMILES string of the molecule is COC1(c2nc(N)nc(C3CCCC3)n2)CCCCC1. The Labute approximate surface area is 120 Å². The topological polar surface area (TPSA) is 73.9 Å². The third-order valence-corrected chi connectivity index (χ3v) is 4.85. The monoisotopic (exact) mass is 276 g/mol. The zero-order valence-corrected chi connectivity index (χ0v) is 12.3. The quantitative estimate of drug-likeness (QED) is 0.918. The van der Waals surface area contributed by atoms with Crippen LogP contribution in [0.15, 0.2) is 0 Å². The number of anilines is 1. The molecule has 1 heterocycles. The minimum atomic E-state index is -0.345. The van der Waals surface area contributed by atoms with Crippen molar-refractivity contribution in [1.29, 1.82) is 0 Å². The van der Waals surface area contributed by atoms with Crippen molar-refractivity contribution in [2.75, 3.05) is 12.8 Å². The van der Waals surface area contributed by atoms with Crippen molar-refractivity contribution >= 4 is 5.95 Å². The van der Waals surface area contributed by atoms with Crippen LogP contribution in [0.5, 0.6) is 0 Å². The van der Waals surface area contributed by atoms with E-state index in [9.17, 15) is 0 Å². The normalized spacial score (nSPS) is 23.1. The third kappa shape index (κ3) is 2.51. The van der Waals surface area contributed by atoms with Gasteiger partial charge in [0.15, 0.2) is 5.82 Å². The molecule has 0 unspecified atom stereocenters. The van der Waals surface area contributed by atoms with Crippen molar-refractivity contribution in [2.45, 2.75) is 69.3 Å². The molecule has 0 amide bonds. The maximum Gasteiger partial charge on any atom is 0.223 e. The first-order valence-electron chi connectivity index (χ1n) is 7.80. The van der Waals surface area contributed by atoms with E-state index in [1.807, 2.05) is 0 Å². The molecule has 1 aromatic heterocycles. The van der Waals surface area contributed by atoms with Gasteiger partial charge in [-0.05, 0) is 25.7 Å². The maximum absolute atomic E-state index is 5.93. The molecule has 3 rings (SSSR count). The Bertz CT molecular complexity index is 465. The van der Waals surface area contributed by atoms with E-state index in [-0.39, 0.29) is 5.60 Å². The summed E-state index contributed by atoms with van der Waals surface area (Å²) in [6, 6.07) is 0. The lowest BCUT2D eigenvalue weighted by Gasteiger charge is -2.34. The molecule has 1 aromatic rings.